The molecule has 5 heteroatoms. The third-order valence-corrected chi connectivity index (χ3v) is 3.52. The van der Waals surface area contributed by atoms with Gasteiger partial charge in [0.15, 0.2) is 0 Å². The van der Waals surface area contributed by atoms with Crippen LogP contribution >= 0.6 is 12.4 Å². The number of rotatable bonds is 3. The summed E-state index contributed by atoms with van der Waals surface area (Å²) in [5.41, 5.74) is 5.53. The summed E-state index contributed by atoms with van der Waals surface area (Å²) >= 11 is 0. The Kier molecular flexibility index (Phi) is 6.73. The maximum Gasteiger partial charge on any atom is 0.140 e. The van der Waals surface area contributed by atoms with E-state index in [1.807, 2.05) is 0 Å². The monoisotopic (exact) mass is 227 g/mol. The van der Waals surface area contributed by atoms with Gasteiger partial charge in [-0.05, 0) is 44.1 Å². The molecule has 0 atom stereocenters. The predicted octanol–water partition coefficient (Wildman–Crippen LogP) is 0.785. The summed E-state index contributed by atoms with van der Waals surface area (Å²) in [6.07, 6.45) is 4.32. The first-order valence-corrected chi connectivity index (χ1v) is 5.90. The molecule has 0 spiro atoms. The molecular weight excluding hydrogens is 210 g/mol. The van der Waals surface area contributed by atoms with Crippen molar-refractivity contribution in [3.63, 3.8) is 0 Å². The molecule has 0 heterocycles. The summed E-state index contributed by atoms with van der Waals surface area (Å²) in [6.45, 7) is 0.760. The first-order chi connectivity index (χ1) is 5.72. The van der Waals surface area contributed by atoms with Gasteiger partial charge in [0.05, 0.1) is 5.75 Å². The molecule has 0 radical (unpaired) electrons. The van der Waals surface area contributed by atoms with Gasteiger partial charge < -0.3 is 5.73 Å². The fourth-order valence-corrected chi connectivity index (χ4v) is 2.65. The highest BCUT2D eigenvalue weighted by atomic mass is 35.5. The zero-order valence-electron chi connectivity index (χ0n) is 7.65. The summed E-state index contributed by atoms with van der Waals surface area (Å²) in [6, 6.07) is 0. The number of hydrogen-bond acceptors (Lipinski definition) is 3. The van der Waals surface area contributed by atoms with Gasteiger partial charge in [-0.15, -0.1) is 12.4 Å². The average Bonchev–Trinajstić information content (AvgIpc) is 2.05. The van der Waals surface area contributed by atoms with Crippen molar-refractivity contribution in [2.24, 2.45) is 17.6 Å². The minimum absolute atomic E-state index is 0. The van der Waals surface area contributed by atoms with E-state index in [1.165, 1.54) is 0 Å². The van der Waals surface area contributed by atoms with Crippen molar-refractivity contribution in [2.45, 2.75) is 25.7 Å². The van der Waals surface area contributed by atoms with Crippen molar-refractivity contribution in [3.05, 3.63) is 0 Å². The molecule has 0 aliphatic heterocycles. The van der Waals surface area contributed by atoms with E-state index in [0.717, 1.165) is 32.2 Å². The molecule has 0 aromatic heterocycles. The van der Waals surface area contributed by atoms with E-state index in [1.54, 1.807) is 0 Å². The van der Waals surface area contributed by atoms with Gasteiger partial charge in [-0.2, -0.15) is 0 Å². The molecule has 1 fully saturated rings. The van der Waals surface area contributed by atoms with Crippen LogP contribution in [0.25, 0.3) is 0 Å². The van der Waals surface area contributed by atoms with Crippen molar-refractivity contribution in [3.8, 4) is 0 Å². The lowest BCUT2D eigenvalue weighted by Crippen LogP contribution is -2.23. The standard InChI is InChI=1S/C8H17NO2S.ClH/c9-5-7-1-3-8(4-2-7)6-12(10)11;/h7-8,12H,1-6,9H2;1H/t7-,8-;. The number of nitrogens with two attached hydrogens (primary N) is 1. The fourth-order valence-electron chi connectivity index (χ4n) is 1.86. The van der Waals surface area contributed by atoms with Gasteiger partial charge >= 0.3 is 0 Å². The van der Waals surface area contributed by atoms with Crippen LogP contribution in [0.3, 0.4) is 0 Å². The van der Waals surface area contributed by atoms with Crippen molar-refractivity contribution in [2.75, 3.05) is 12.3 Å². The van der Waals surface area contributed by atoms with E-state index in [0.29, 0.717) is 17.6 Å². The normalized spacial score (nSPS) is 28.5. The van der Waals surface area contributed by atoms with Gasteiger partial charge in [-0.3, -0.25) is 0 Å². The summed E-state index contributed by atoms with van der Waals surface area (Å²) in [5, 5.41) is 0. The number of thiol groups is 1. The Balaban J connectivity index is 0.00000144. The second-order valence-electron chi connectivity index (χ2n) is 3.64. The molecule has 0 aromatic rings. The van der Waals surface area contributed by atoms with Crippen LogP contribution in [-0.4, -0.2) is 20.7 Å². The van der Waals surface area contributed by atoms with Crippen molar-refractivity contribution in [1.29, 1.82) is 0 Å². The van der Waals surface area contributed by atoms with Crippen LogP contribution in [0.2, 0.25) is 0 Å². The highest BCUT2D eigenvalue weighted by Crippen LogP contribution is 2.27. The van der Waals surface area contributed by atoms with Crippen LogP contribution in [0.4, 0.5) is 0 Å². The van der Waals surface area contributed by atoms with E-state index in [2.05, 4.69) is 0 Å². The minimum atomic E-state index is -2.17. The molecule has 0 unspecified atom stereocenters. The largest absolute Gasteiger partial charge is 0.330 e. The van der Waals surface area contributed by atoms with Gasteiger partial charge in [-0.25, -0.2) is 8.42 Å². The first-order valence-electron chi connectivity index (χ1n) is 4.54. The molecule has 0 amide bonds. The third kappa shape index (κ3) is 4.84. The maximum absolute atomic E-state index is 10.4. The zero-order valence-corrected chi connectivity index (χ0v) is 9.36. The van der Waals surface area contributed by atoms with Crippen LogP contribution < -0.4 is 5.73 Å². The maximum atomic E-state index is 10.4. The van der Waals surface area contributed by atoms with Gasteiger partial charge in [0.1, 0.15) is 10.7 Å². The molecule has 2 N–H and O–H groups in total. The molecule has 1 aliphatic carbocycles. The van der Waals surface area contributed by atoms with E-state index in [-0.39, 0.29) is 12.4 Å². The summed E-state index contributed by atoms with van der Waals surface area (Å²) < 4.78 is 20.9. The Hall–Kier alpha value is 0.200. The van der Waals surface area contributed by atoms with Crippen LogP contribution in [0.1, 0.15) is 25.7 Å². The topological polar surface area (TPSA) is 60.2 Å². The second-order valence-corrected chi connectivity index (χ2v) is 4.67. The molecular formula is C8H18ClNO2S. The Morgan fingerprint density at radius 1 is 1.08 bits per heavy atom. The lowest BCUT2D eigenvalue weighted by molar-refractivity contribution is 0.297. The van der Waals surface area contributed by atoms with E-state index >= 15 is 0 Å². The van der Waals surface area contributed by atoms with Gasteiger partial charge in [-0.1, -0.05) is 0 Å². The van der Waals surface area contributed by atoms with Crippen LogP contribution in [-0.2, 0) is 10.7 Å². The molecule has 1 saturated carbocycles. The molecule has 0 bridgehead atoms. The summed E-state index contributed by atoms with van der Waals surface area (Å²) in [5.74, 6) is 1.44. The smallest absolute Gasteiger partial charge is 0.140 e. The summed E-state index contributed by atoms with van der Waals surface area (Å²) in [4.78, 5) is 0. The van der Waals surface area contributed by atoms with Gasteiger partial charge in [0, 0.05) is 0 Å². The van der Waals surface area contributed by atoms with E-state index in [4.69, 9.17) is 5.73 Å². The van der Waals surface area contributed by atoms with Gasteiger partial charge in [0.2, 0.25) is 0 Å². The quantitative estimate of drug-likeness (QED) is 0.701. The SMILES string of the molecule is Cl.NC[C@H]1CC[C@H](C[SH](=O)=O)CC1. The molecule has 0 aromatic carbocycles. The average molecular weight is 228 g/mol. The molecule has 13 heavy (non-hydrogen) atoms. The Morgan fingerprint density at radius 2 is 1.54 bits per heavy atom. The van der Waals surface area contributed by atoms with E-state index < -0.39 is 10.7 Å². The molecule has 1 rings (SSSR count). The first kappa shape index (κ1) is 13.2. The predicted molar refractivity (Wildman–Crippen MR) is 56.9 cm³/mol. The Morgan fingerprint density at radius 3 is 1.92 bits per heavy atom. The zero-order chi connectivity index (χ0) is 8.97. The lowest BCUT2D eigenvalue weighted by atomic mass is 9.83. The molecule has 3 nitrogen and oxygen atoms in total. The number of hydrogen-bond donors (Lipinski definition) is 2. The highest BCUT2D eigenvalue weighted by Gasteiger charge is 2.20. The second kappa shape index (κ2) is 6.62. The van der Waals surface area contributed by atoms with Gasteiger partial charge in [0.25, 0.3) is 0 Å². The summed E-state index contributed by atoms with van der Waals surface area (Å²) in [7, 11) is -2.17. The van der Waals surface area contributed by atoms with Crippen LogP contribution in [0.5, 0.6) is 0 Å². The highest BCUT2D eigenvalue weighted by molar-refractivity contribution is 7.72. The minimum Gasteiger partial charge on any atom is -0.330 e. The fraction of sp³-hybridized carbons (Fsp3) is 1.00. The van der Waals surface area contributed by atoms with Crippen LogP contribution in [0.15, 0.2) is 0 Å². The molecule has 1 aliphatic rings. The lowest BCUT2D eigenvalue weighted by Gasteiger charge is -2.25. The van der Waals surface area contributed by atoms with E-state index in [9.17, 15) is 8.42 Å². The van der Waals surface area contributed by atoms with Crippen molar-refractivity contribution < 1.29 is 8.42 Å². The molecule has 0 saturated heterocycles. The third-order valence-electron chi connectivity index (χ3n) is 2.71. The molecule has 80 valence electrons. The Labute approximate surface area is 87.4 Å². The van der Waals surface area contributed by atoms with Crippen molar-refractivity contribution in [1.82, 2.24) is 0 Å². The van der Waals surface area contributed by atoms with Crippen molar-refractivity contribution >= 4 is 23.1 Å². The Bertz CT molecular complexity index is 192. The van der Waals surface area contributed by atoms with Crippen LogP contribution in [0, 0.1) is 11.8 Å². The number of halogens is 1.